The third-order valence-electron chi connectivity index (χ3n) is 7.25. The molecule has 1 amide bonds. The standard InChI is InChI=1S/C21H30N2O3S/c1-13(2)23(3)27(25,26)16-7-4-6-14(10-16)21(24)22-20-12-15-11-19(20)18-9-5-8-17(15)18/h4,6-7,10,13,15,17-20H,5,8-9,11-12H2,1-3H3,(H,22,24). The maximum absolute atomic E-state index is 12.8. The molecule has 0 aromatic heterocycles. The van der Waals surface area contributed by atoms with Gasteiger partial charge in [-0.1, -0.05) is 12.5 Å². The summed E-state index contributed by atoms with van der Waals surface area (Å²) in [6, 6.07) is 6.54. The van der Waals surface area contributed by atoms with Crippen molar-refractivity contribution in [1.82, 2.24) is 9.62 Å². The van der Waals surface area contributed by atoms with Crippen LogP contribution in [0.2, 0.25) is 0 Å². The maximum Gasteiger partial charge on any atom is 0.251 e. The van der Waals surface area contributed by atoms with Gasteiger partial charge in [-0.25, -0.2) is 8.42 Å². The minimum atomic E-state index is -3.59. The van der Waals surface area contributed by atoms with Crippen molar-refractivity contribution in [2.24, 2.45) is 23.7 Å². The smallest absolute Gasteiger partial charge is 0.251 e. The number of fused-ring (bicyclic) bond motifs is 5. The Hall–Kier alpha value is -1.40. The molecule has 4 rings (SSSR count). The largest absolute Gasteiger partial charge is 0.349 e. The highest BCUT2D eigenvalue weighted by molar-refractivity contribution is 7.89. The first kappa shape index (κ1) is 18.9. The van der Waals surface area contributed by atoms with Crippen molar-refractivity contribution in [2.45, 2.75) is 62.9 Å². The lowest BCUT2D eigenvalue weighted by Crippen LogP contribution is -2.42. The summed E-state index contributed by atoms with van der Waals surface area (Å²) in [7, 11) is -2.02. The predicted molar refractivity (Wildman–Crippen MR) is 105 cm³/mol. The first-order chi connectivity index (χ1) is 12.8. The lowest BCUT2D eigenvalue weighted by atomic mass is 9.79. The molecule has 0 radical (unpaired) electrons. The Balaban J connectivity index is 1.49. The first-order valence-electron chi connectivity index (χ1n) is 10.2. The monoisotopic (exact) mass is 390 g/mol. The van der Waals surface area contributed by atoms with Crippen LogP contribution in [0.5, 0.6) is 0 Å². The van der Waals surface area contributed by atoms with Gasteiger partial charge in [-0.2, -0.15) is 4.31 Å². The van der Waals surface area contributed by atoms with Crippen molar-refractivity contribution < 1.29 is 13.2 Å². The van der Waals surface area contributed by atoms with E-state index in [0.717, 1.165) is 24.2 Å². The lowest BCUT2D eigenvalue weighted by Gasteiger charge is -2.32. The van der Waals surface area contributed by atoms with Gasteiger partial charge in [-0.05, 0) is 81.4 Å². The molecule has 3 fully saturated rings. The normalized spacial score (nSPS) is 32.3. The number of rotatable bonds is 5. The number of carbonyl (C=O) groups excluding carboxylic acids is 1. The molecule has 0 spiro atoms. The van der Waals surface area contributed by atoms with Gasteiger partial charge in [-0.15, -0.1) is 0 Å². The number of hydrogen-bond donors (Lipinski definition) is 1. The number of nitrogens with zero attached hydrogens (tertiary/aromatic N) is 1. The van der Waals surface area contributed by atoms with Gasteiger partial charge in [0.05, 0.1) is 4.90 Å². The third-order valence-corrected chi connectivity index (χ3v) is 9.28. The zero-order valence-corrected chi connectivity index (χ0v) is 17.2. The fourth-order valence-electron chi connectivity index (χ4n) is 5.73. The first-order valence-corrected chi connectivity index (χ1v) is 11.6. The van der Waals surface area contributed by atoms with E-state index in [0.29, 0.717) is 11.5 Å². The summed E-state index contributed by atoms with van der Waals surface area (Å²) in [5.74, 6) is 2.93. The number of carbonyl (C=O) groups is 1. The van der Waals surface area contributed by atoms with Crippen LogP contribution in [-0.4, -0.2) is 37.8 Å². The van der Waals surface area contributed by atoms with Crippen LogP contribution in [0, 0.1) is 23.7 Å². The molecule has 5 unspecified atom stereocenters. The SMILES string of the molecule is CC(C)N(C)S(=O)(=O)c1cccc(C(=O)NC2CC3CC2C2CCCC32)c1. The fourth-order valence-corrected chi connectivity index (χ4v) is 7.14. The number of sulfonamides is 1. The van der Waals surface area contributed by atoms with Gasteiger partial charge in [0.2, 0.25) is 10.0 Å². The van der Waals surface area contributed by atoms with E-state index in [1.165, 1.54) is 36.1 Å². The van der Waals surface area contributed by atoms with Gasteiger partial charge in [0, 0.05) is 24.7 Å². The van der Waals surface area contributed by atoms with Gasteiger partial charge in [0.1, 0.15) is 0 Å². The molecular formula is C21H30N2O3S. The second-order valence-corrected chi connectivity index (χ2v) is 10.9. The molecule has 148 valence electrons. The Kier molecular flexibility index (Phi) is 4.83. The topological polar surface area (TPSA) is 66.5 Å². The van der Waals surface area contributed by atoms with E-state index >= 15 is 0 Å². The highest BCUT2D eigenvalue weighted by Gasteiger charge is 2.54. The van der Waals surface area contributed by atoms with Crippen molar-refractivity contribution in [3.05, 3.63) is 29.8 Å². The lowest BCUT2D eigenvalue weighted by molar-refractivity contribution is 0.0901. The number of benzene rings is 1. The molecule has 1 aromatic rings. The second-order valence-electron chi connectivity index (χ2n) is 8.88. The van der Waals surface area contributed by atoms with Crippen LogP contribution >= 0.6 is 0 Å². The Morgan fingerprint density at radius 3 is 2.63 bits per heavy atom. The van der Waals surface area contributed by atoms with Crippen molar-refractivity contribution in [1.29, 1.82) is 0 Å². The quantitative estimate of drug-likeness (QED) is 0.839. The van der Waals surface area contributed by atoms with E-state index in [-0.39, 0.29) is 22.9 Å². The van der Waals surface area contributed by atoms with Crippen molar-refractivity contribution in [3.63, 3.8) is 0 Å². The molecule has 3 saturated carbocycles. The van der Waals surface area contributed by atoms with E-state index in [9.17, 15) is 13.2 Å². The van der Waals surface area contributed by atoms with Crippen molar-refractivity contribution in [3.8, 4) is 0 Å². The Morgan fingerprint density at radius 2 is 1.89 bits per heavy atom. The molecule has 3 aliphatic carbocycles. The van der Waals surface area contributed by atoms with Crippen LogP contribution in [0.4, 0.5) is 0 Å². The van der Waals surface area contributed by atoms with Crippen LogP contribution < -0.4 is 5.32 Å². The predicted octanol–water partition coefficient (Wildman–Crippen LogP) is 3.27. The molecule has 0 aliphatic heterocycles. The molecule has 0 heterocycles. The molecule has 0 saturated heterocycles. The average Bonchev–Trinajstić information content (AvgIpc) is 3.34. The van der Waals surface area contributed by atoms with E-state index in [2.05, 4.69) is 5.32 Å². The van der Waals surface area contributed by atoms with Crippen LogP contribution in [0.25, 0.3) is 0 Å². The molecule has 5 atom stereocenters. The average molecular weight is 391 g/mol. The van der Waals surface area contributed by atoms with Gasteiger partial charge in [0.25, 0.3) is 5.91 Å². The number of hydrogen-bond acceptors (Lipinski definition) is 3. The van der Waals surface area contributed by atoms with Crippen LogP contribution in [0.3, 0.4) is 0 Å². The summed E-state index contributed by atoms with van der Waals surface area (Å²) in [5, 5.41) is 3.22. The minimum absolute atomic E-state index is 0.138. The van der Waals surface area contributed by atoms with Crippen LogP contribution in [0.15, 0.2) is 29.2 Å². The van der Waals surface area contributed by atoms with E-state index in [1.54, 1.807) is 25.2 Å². The summed E-state index contributed by atoms with van der Waals surface area (Å²) in [6.07, 6.45) is 6.37. The van der Waals surface area contributed by atoms with Crippen LogP contribution in [-0.2, 0) is 10.0 Å². The van der Waals surface area contributed by atoms with Gasteiger partial charge in [0.15, 0.2) is 0 Å². The highest BCUT2D eigenvalue weighted by Crippen LogP contribution is 2.58. The van der Waals surface area contributed by atoms with Crippen LogP contribution in [0.1, 0.15) is 56.3 Å². The summed E-state index contributed by atoms with van der Waals surface area (Å²) >= 11 is 0. The molecule has 2 bridgehead atoms. The van der Waals surface area contributed by atoms with Crippen molar-refractivity contribution >= 4 is 15.9 Å². The molecule has 3 aliphatic rings. The molecule has 1 aromatic carbocycles. The zero-order chi connectivity index (χ0) is 19.3. The molecule has 5 nitrogen and oxygen atoms in total. The second kappa shape index (κ2) is 6.89. The summed E-state index contributed by atoms with van der Waals surface area (Å²) in [6.45, 7) is 3.67. The summed E-state index contributed by atoms with van der Waals surface area (Å²) in [4.78, 5) is 13.0. The number of amides is 1. The molecule has 6 heteroatoms. The highest BCUT2D eigenvalue weighted by atomic mass is 32.2. The van der Waals surface area contributed by atoms with E-state index in [4.69, 9.17) is 0 Å². The van der Waals surface area contributed by atoms with Crippen molar-refractivity contribution in [2.75, 3.05) is 7.05 Å². The van der Waals surface area contributed by atoms with Gasteiger partial charge in [-0.3, -0.25) is 4.79 Å². The minimum Gasteiger partial charge on any atom is -0.349 e. The van der Waals surface area contributed by atoms with Gasteiger partial charge < -0.3 is 5.32 Å². The Labute approximate surface area is 162 Å². The molecular weight excluding hydrogens is 360 g/mol. The summed E-state index contributed by atoms with van der Waals surface area (Å²) < 4.78 is 26.8. The maximum atomic E-state index is 12.8. The van der Waals surface area contributed by atoms with E-state index in [1.807, 2.05) is 13.8 Å². The Bertz CT molecular complexity index is 836. The fraction of sp³-hybridized carbons (Fsp3) is 0.667. The molecule has 1 N–H and O–H groups in total. The summed E-state index contributed by atoms with van der Waals surface area (Å²) in [5.41, 5.74) is 0.430. The van der Waals surface area contributed by atoms with Gasteiger partial charge >= 0.3 is 0 Å². The molecule has 27 heavy (non-hydrogen) atoms. The van der Waals surface area contributed by atoms with E-state index < -0.39 is 10.0 Å². The zero-order valence-electron chi connectivity index (χ0n) is 16.4. The Morgan fingerprint density at radius 1 is 1.15 bits per heavy atom. The third kappa shape index (κ3) is 3.21. The number of nitrogens with one attached hydrogen (secondary N) is 1.